The topological polar surface area (TPSA) is 88.8 Å². The molecular formula is C28H24N2O5. The number of rotatable bonds is 4. The van der Waals surface area contributed by atoms with Crippen LogP contribution in [0, 0.1) is 6.92 Å². The molecule has 5 rings (SSSR count). The molecule has 1 saturated heterocycles. The molecule has 0 spiro atoms. The highest BCUT2D eigenvalue weighted by atomic mass is 16.5. The van der Waals surface area contributed by atoms with E-state index in [0.717, 1.165) is 5.56 Å². The third kappa shape index (κ3) is 4.34. The van der Waals surface area contributed by atoms with Crippen LogP contribution in [0.5, 0.6) is 0 Å². The van der Waals surface area contributed by atoms with Gasteiger partial charge in [0.15, 0.2) is 11.0 Å². The van der Waals surface area contributed by atoms with E-state index in [9.17, 15) is 14.4 Å². The van der Waals surface area contributed by atoms with Gasteiger partial charge in [0.05, 0.1) is 35.4 Å². The number of anilines is 1. The molecule has 0 bridgehead atoms. The van der Waals surface area contributed by atoms with Crippen molar-refractivity contribution in [3.63, 3.8) is 0 Å². The summed E-state index contributed by atoms with van der Waals surface area (Å²) in [6.07, 6.45) is 0. The Morgan fingerprint density at radius 3 is 2.31 bits per heavy atom. The SMILES string of the molecule is Cc1c(-c2ccccc2)oc2c(C(=O)Nc3ccccc3C(=O)N3CCOCC3)cccc2c1=O. The number of ether oxygens (including phenoxy) is 1. The Morgan fingerprint density at radius 2 is 1.54 bits per heavy atom. The van der Waals surface area contributed by atoms with Crippen molar-refractivity contribution < 1.29 is 18.7 Å². The third-order valence-electron chi connectivity index (χ3n) is 6.13. The van der Waals surface area contributed by atoms with E-state index < -0.39 is 5.91 Å². The maximum Gasteiger partial charge on any atom is 0.259 e. The van der Waals surface area contributed by atoms with Crippen molar-refractivity contribution in [2.75, 3.05) is 31.6 Å². The van der Waals surface area contributed by atoms with Crippen LogP contribution in [0.25, 0.3) is 22.3 Å². The highest BCUT2D eigenvalue weighted by Crippen LogP contribution is 2.28. The summed E-state index contributed by atoms with van der Waals surface area (Å²) in [6.45, 7) is 3.68. The molecule has 1 aliphatic rings. The second kappa shape index (κ2) is 9.56. The Kier molecular flexibility index (Phi) is 6.16. The second-order valence-electron chi connectivity index (χ2n) is 8.34. The number of para-hydroxylation sites is 2. The Balaban J connectivity index is 1.54. The Hall–Kier alpha value is -4.23. The minimum atomic E-state index is -0.469. The van der Waals surface area contributed by atoms with E-state index >= 15 is 0 Å². The number of benzene rings is 3. The molecule has 0 atom stereocenters. The average Bonchev–Trinajstić information content (AvgIpc) is 2.91. The monoisotopic (exact) mass is 468 g/mol. The van der Waals surface area contributed by atoms with E-state index in [1.165, 1.54) is 0 Å². The van der Waals surface area contributed by atoms with Gasteiger partial charge in [0.2, 0.25) is 0 Å². The molecule has 3 aromatic carbocycles. The molecule has 7 nitrogen and oxygen atoms in total. The van der Waals surface area contributed by atoms with Crippen molar-refractivity contribution >= 4 is 28.5 Å². The van der Waals surface area contributed by atoms with E-state index in [2.05, 4.69) is 5.32 Å². The lowest BCUT2D eigenvalue weighted by Crippen LogP contribution is -2.41. The first-order valence-electron chi connectivity index (χ1n) is 11.4. The van der Waals surface area contributed by atoms with Gasteiger partial charge in [0.25, 0.3) is 11.8 Å². The van der Waals surface area contributed by atoms with Gasteiger partial charge >= 0.3 is 0 Å². The minimum Gasteiger partial charge on any atom is -0.455 e. The Bertz CT molecular complexity index is 1470. The predicted octanol–water partition coefficient (Wildman–Crippen LogP) is 4.49. The number of carbonyl (C=O) groups is 2. The fourth-order valence-electron chi connectivity index (χ4n) is 4.26. The van der Waals surface area contributed by atoms with Crippen LogP contribution in [0.1, 0.15) is 26.3 Å². The number of hydrogen-bond acceptors (Lipinski definition) is 5. The van der Waals surface area contributed by atoms with Gasteiger partial charge in [-0.25, -0.2) is 0 Å². The van der Waals surface area contributed by atoms with E-state index in [-0.39, 0.29) is 22.5 Å². The minimum absolute atomic E-state index is 0.171. The zero-order valence-electron chi connectivity index (χ0n) is 19.2. The number of nitrogens with zero attached hydrogens (tertiary/aromatic N) is 1. The lowest BCUT2D eigenvalue weighted by atomic mass is 10.0. The van der Waals surface area contributed by atoms with Gasteiger partial charge in [-0.15, -0.1) is 0 Å². The molecule has 1 aromatic heterocycles. The second-order valence-corrected chi connectivity index (χ2v) is 8.34. The molecule has 0 radical (unpaired) electrons. The molecule has 1 N–H and O–H groups in total. The molecule has 176 valence electrons. The smallest absolute Gasteiger partial charge is 0.259 e. The summed E-state index contributed by atoms with van der Waals surface area (Å²) in [4.78, 5) is 41.3. The van der Waals surface area contributed by atoms with Crippen LogP contribution in [0.3, 0.4) is 0 Å². The Labute approximate surface area is 201 Å². The molecule has 1 aliphatic heterocycles. The zero-order chi connectivity index (χ0) is 24.4. The third-order valence-corrected chi connectivity index (χ3v) is 6.13. The number of amides is 2. The summed E-state index contributed by atoms with van der Waals surface area (Å²) < 4.78 is 11.5. The fourth-order valence-corrected chi connectivity index (χ4v) is 4.26. The van der Waals surface area contributed by atoms with Crippen molar-refractivity contribution in [1.29, 1.82) is 0 Å². The maximum absolute atomic E-state index is 13.4. The van der Waals surface area contributed by atoms with Crippen LogP contribution >= 0.6 is 0 Å². The van der Waals surface area contributed by atoms with Gasteiger partial charge in [-0.2, -0.15) is 0 Å². The molecule has 2 heterocycles. The normalized spacial score (nSPS) is 13.6. The molecule has 0 saturated carbocycles. The van der Waals surface area contributed by atoms with Crippen molar-refractivity contribution in [2.24, 2.45) is 0 Å². The first-order chi connectivity index (χ1) is 17.0. The van der Waals surface area contributed by atoms with E-state index in [0.29, 0.717) is 54.3 Å². The van der Waals surface area contributed by atoms with Gasteiger partial charge in [-0.1, -0.05) is 48.5 Å². The summed E-state index contributed by atoms with van der Waals surface area (Å²) >= 11 is 0. The number of nitrogens with one attached hydrogen (secondary N) is 1. The summed E-state index contributed by atoms with van der Waals surface area (Å²) in [7, 11) is 0. The summed E-state index contributed by atoms with van der Waals surface area (Å²) in [6, 6.07) is 21.1. The largest absolute Gasteiger partial charge is 0.455 e. The van der Waals surface area contributed by atoms with E-state index in [1.807, 2.05) is 30.3 Å². The van der Waals surface area contributed by atoms with Crippen LogP contribution in [0.4, 0.5) is 5.69 Å². The molecule has 2 amide bonds. The number of morpholine rings is 1. The molecule has 0 aliphatic carbocycles. The van der Waals surface area contributed by atoms with Crippen LogP contribution in [-0.4, -0.2) is 43.0 Å². The molecule has 35 heavy (non-hydrogen) atoms. The highest BCUT2D eigenvalue weighted by molar-refractivity contribution is 6.13. The van der Waals surface area contributed by atoms with Gasteiger partial charge in [-0.3, -0.25) is 14.4 Å². The van der Waals surface area contributed by atoms with Gasteiger partial charge in [-0.05, 0) is 31.2 Å². The first kappa shape index (κ1) is 22.6. The number of carbonyl (C=O) groups excluding carboxylic acids is 2. The Morgan fingerprint density at radius 1 is 0.857 bits per heavy atom. The maximum atomic E-state index is 13.4. The predicted molar refractivity (Wildman–Crippen MR) is 134 cm³/mol. The highest BCUT2D eigenvalue weighted by Gasteiger charge is 2.23. The molecule has 1 fully saturated rings. The summed E-state index contributed by atoms with van der Waals surface area (Å²) in [5.74, 6) is -0.217. The number of fused-ring (bicyclic) bond motifs is 1. The molecule has 7 heteroatoms. The zero-order valence-corrected chi connectivity index (χ0v) is 19.2. The summed E-state index contributed by atoms with van der Waals surface area (Å²) in [5, 5.41) is 3.18. The van der Waals surface area contributed by atoms with Crippen LogP contribution < -0.4 is 10.7 Å². The van der Waals surface area contributed by atoms with Crippen molar-refractivity contribution in [1.82, 2.24) is 4.90 Å². The van der Waals surface area contributed by atoms with E-state index in [1.54, 1.807) is 54.3 Å². The van der Waals surface area contributed by atoms with Crippen LogP contribution in [0.15, 0.2) is 82.0 Å². The first-order valence-corrected chi connectivity index (χ1v) is 11.4. The lowest BCUT2D eigenvalue weighted by molar-refractivity contribution is 0.0303. The average molecular weight is 469 g/mol. The molecule has 4 aromatic rings. The van der Waals surface area contributed by atoms with Crippen LogP contribution in [-0.2, 0) is 4.74 Å². The van der Waals surface area contributed by atoms with Gasteiger partial charge in [0, 0.05) is 24.2 Å². The quantitative estimate of drug-likeness (QED) is 0.477. The van der Waals surface area contributed by atoms with Gasteiger partial charge < -0.3 is 19.4 Å². The van der Waals surface area contributed by atoms with Crippen molar-refractivity contribution in [2.45, 2.75) is 6.92 Å². The summed E-state index contributed by atoms with van der Waals surface area (Å²) in [5.41, 5.74) is 2.24. The molecule has 0 unspecified atom stereocenters. The standard InChI is InChI=1S/C28H24N2O5/c1-18-24(31)21-11-7-12-22(26(21)35-25(18)19-8-3-2-4-9-19)27(32)29-23-13-6-5-10-20(23)28(33)30-14-16-34-17-15-30/h2-13H,14-17H2,1H3,(H,29,32). The van der Waals surface area contributed by atoms with Crippen LogP contribution in [0.2, 0.25) is 0 Å². The fraction of sp³-hybridized carbons (Fsp3) is 0.179. The van der Waals surface area contributed by atoms with Gasteiger partial charge in [0.1, 0.15) is 5.76 Å². The van der Waals surface area contributed by atoms with E-state index in [4.69, 9.17) is 9.15 Å². The number of hydrogen-bond donors (Lipinski definition) is 1. The molecular weight excluding hydrogens is 444 g/mol. The van der Waals surface area contributed by atoms with Crippen molar-refractivity contribution in [3.8, 4) is 11.3 Å². The lowest BCUT2D eigenvalue weighted by Gasteiger charge is -2.27. The van der Waals surface area contributed by atoms with Crippen molar-refractivity contribution in [3.05, 3.63) is 99.7 Å².